The summed E-state index contributed by atoms with van der Waals surface area (Å²) in [6.45, 7) is 5.58. The van der Waals surface area contributed by atoms with Gasteiger partial charge < -0.3 is 0 Å². The van der Waals surface area contributed by atoms with Crippen LogP contribution in [-0.4, -0.2) is 43.7 Å². The highest BCUT2D eigenvalue weighted by molar-refractivity contribution is 6.35. The smallest absolute Gasteiger partial charge is 0.271 e. The van der Waals surface area contributed by atoms with Crippen LogP contribution in [0.2, 0.25) is 10.0 Å². The number of nitrogens with one attached hydrogen (secondary N) is 1. The number of hydrogen-bond donors (Lipinski definition) is 1. The van der Waals surface area contributed by atoms with Crippen LogP contribution >= 0.6 is 23.2 Å². The molecule has 2 heterocycles. The second-order valence-electron chi connectivity index (χ2n) is 5.92. The molecule has 0 bridgehead atoms. The number of tetrazole rings is 1. The van der Waals surface area contributed by atoms with Crippen molar-refractivity contribution in [3.05, 3.63) is 63.9 Å². The van der Waals surface area contributed by atoms with Gasteiger partial charge in [-0.05, 0) is 41.1 Å². The van der Waals surface area contributed by atoms with Crippen molar-refractivity contribution >= 4 is 34.6 Å². The minimum atomic E-state index is -3.52. The molecule has 1 aliphatic heterocycles. The number of hydrogen-bond acceptors (Lipinski definition) is 6. The Kier molecular flexibility index (Phi) is 5.85. The highest BCUT2D eigenvalue weighted by Gasteiger charge is 2.41. The average molecular weight is 426 g/mol. The molecular weight excluding hydrogens is 411 g/mol. The Morgan fingerprint density at radius 1 is 1.25 bits per heavy atom. The highest BCUT2D eigenvalue weighted by atomic mass is 35.5. The second kappa shape index (κ2) is 8.15. The van der Waals surface area contributed by atoms with E-state index >= 15 is 0 Å². The molecule has 1 N–H and O–H groups in total. The number of rotatable bonds is 4. The number of aromatic amines is 1. The molecule has 3 rings (SSSR count). The van der Waals surface area contributed by atoms with Crippen molar-refractivity contribution in [2.24, 2.45) is 10.1 Å². The number of benzene rings is 1. The maximum atomic E-state index is 14.7. The summed E-state index contributed by atoms with van der Waals surface area (Å²) in [6, 6.07) is 5.10. The lowest BCUT2D eigenvalue weighted by molar-refractivity contribution is 0.0659. The van der Waals surface area contributed by atoms with Crippen molar-refractivity contribution in [1.82, 2.24) is 25.6 Å². The Morgan fingerprint density at radius 2 is 1.96 bits per heavy atom. The Balaban J connectivity index is 1.96. The van der Waals surface area contributed by atoms with Crippen molar-refractivity contribution in [2.45, 2.75) is 19.4 Å². The van der Waals surface area contributed by atoms with Crippen LogP contribution in [-0.2, 0) is 12.5 Å². The van der Waals surface area contributed by atoms with E-state index in [1.54, 1.807) is 25.1 Å². The van der Waals surface area contributed by atoms with E-state index in [4.69, 9.17) is 23.2 Å². The molecule has 146 valence electrons. The van der Waals surface area contributed by atoms with E-state index in [-0.39, 0.29) is 13.2 Å². The van der Waals surface area contributed by atoms with Gasteiger partial charge in [0.05, 0.1) is 12.3 Å². The fourth-order valence-corrected chi connectivity index (χ4v) is 2.90. The summed E-state index contributed by atoms with van der Waals surface area (Å²) in [5.41, 5.74) is 1.08. The first-order chi connectivity index (χ1) is 13.3. The van der Waals surface area contributed by atoms with Gasteiger partial charge in [-0.15, -0.1) is 5.10 Å². The zero-order chi connectivity index (χ0) is 20.3. The van der Waals surface area contributed by atoms with Crippen LogP contribution in [0.15, 0.2) is 52.6 Å². The molecule has 0 amide bonds. The first kappa shape index (κ1) is 20.1. The lowest BCUT2D eigenvalue weighted by atomic mass is 10.1. The molecule has 7 nitrogen and oxygen atoms in total. The van der Waals surface area contributed by atoms with Crippen molar-refractivity contribution in [1.29, 1.82) is 0 Å². The summed E-state index contributed by atoms with van der Waals surface area (Å²) in [4.78, 5) is 4.03. The first-order valence-electron chi connectivity index (χ1n) is 8.06. The highest BCUT2D eigenvalue weighted by Crippen LogP contribution is 2.29. The lowest BCUT2D eigenvalue weighted by Gasteiger charge is -2.20. The maximum Gasteiger partial charge on any atom is 0.349 e. The molecule has 0 radical (unpaired) electrons. The summed E-state index contributed by atoms with van der Waals surface area (Å²) < 4.78 is 29.5. The standard InChI is InChI=1S/C17H15Cl2F2N7/c1-10-6-7-15(17(20,21)16-23-26-27-24-16)22-9-28(25-11(10)2)8-12-13(18)4-3-5-14(12)19/h3-7H,1,8-9H2,2H3,(H,23,24,26,27)/b7-6-,22-15+,25-11-. The minimum absolute atomic E-state index is 0.164. The quantitative estimate of drug-likeness (QED) is 0.802. The Hall–Kier alpha value is -2.65. The SMILES string of the molecule is C=C1/C=C\C(C(F)(F)c2nnn[nH]2)=N/CN(Cc2c(Cl)cccc2Cl)/N=C\1C. The second-order valence-corrected chi connectivity index (χ2v) is 6.73. The van der Waals surface area contributed by atoms with E-state index in [0.717, 1.165) is 0 Å². The van der Waals surface area contributed by atoms with Crippen LogP contribution in [0.4, 0.5) is 8.78 Å². The molecule has 0 atom stereocenters. The topological polar surface area (TPSA) is 82.4 Å². The summed E-state index contributed by atoms with van der Waals surface area (Å²) in [6.07, 6.45) is 2.59. The number of allylic oxidation sites excluding steroid dienone is 3. The number of nitrogens with zero attached hydrogens (tertiary/aromatic N) is 6. The predicted molar refractivity (Wildman–Crippen MR) is 104 cm³/mol. The van der Waals surface area contributed by atoms with E-state index in [9.17, 15) is 8.78 Å². The van der Waals surface area contributed by atoms with Gasteiger partial charge in [0.2, 0.25) is 5.82 Å². The third-order valence-corrected chi connectivity index (χ3v) is 4.68. The van der Waals surface area contributed by atoms with Crippen molar-refractivity contribution in [3.63, 3.8) is 0 Å². The van der Waals surface area contributed by atoms with Gasteiger partial charge in [-0.25, -0.2) is 5.10 Å². The van der Waals surface area contributed by atoms with Crippen LogP contribution in [0.5, 0.6) is 0 Å². The molecule has 2 aromatic rings. The molecule has 0 unspecified atom stereocenters. The molecule has 0 saturated heterocycles. The van der Waals surface area contributed by atoms with Crippen LogP contribution < -0.4 is 0 Å². The Bertz CT molecular complexity index is 948. The summed E-state index contributed by atoms with van der Waals surface area (Å²) in [5, 5.41) is 18.6. The Morgan fingerprint density at radius 3 is 2.61 bits per heavy atom. The predicted octanol–water partition coefficient (Wildman–Crippen LogP) is 4.00. The molecule has 0 fully saturated rings. The first-order valence-corrected chi connectivity index (χ1v) is 8.82. The minimum Gasteiger partial charge on any atom is -0.271 e. The molecule has 1 aromatic carbocycles. The van der Waals surface area contributed by atoms with Gasteiger partial charge in [0, 0.05) is 15.6 Å². The zero-order valence-corrected chi connectivity index (χ0v) is 16.2. The normalized spacial score (nSPS) is 20.5. The molecule has 1 aromatic heterocycles. The van der Waals surface area contributed by atoms with E-state index in [0.29, 0.717) is 26.9 Å². The Labute approximate surface area is 169 Å². The molecule has 1 aliphatic rings. The molecule has 11 heteroatoms. The van der Waals surface area contributed by atoms with Gasteiger partial charge in [-0.1, -0.05) is 41.9 Å². The van der Waals surface area contributed by atoms with Crippen molar-refractivity contribution in [3.8, 4) is 0 Å². The number of aromatic nitrogens is 4. The number of aliphatic imine (C=N–C) groups is 1. The van der Waals surface area contributed by atoms with Gasteiger partial charge in [-0.3, -0.25) is 10.0 Å². The fraction of sp³-hybridized carbons (Fsp3) is 0.235. The third-order valence-electron chi connectivity index (χ3n) is 3.97. The van der Waals surface area contributed by atoms with E-state index < -0.39 is 17.5 Å². The fourth-order valence-electron chi connectivity index (χ4n) is 2.39. The lowest BCUT2D eigenvalue weighted by Crippen LogP contribution is -2.28. The molecule has 28 heavy (non-hydrogen) atoms. The van der Waals surface area contributed by atoms with Crippen LogP contribution in [0.3, 0.4) is 0 Å². The van der Waals surface area contributed by atoms with E-state index in [2.05, 4.69) is 37.3 Å². The molecule has 0 spiro atoms. The maximum absolute atomic E-state index is 14.7. The molecular formula is C17H15Cl2F2N7. The van der Waals surface area contributed by atoms with Gasteiger partial charge in [-0.2, -0.15) is 13.9 Å². The average Bonchev–Trinajstić information content (AvgIpc) is 3.20. The number of halogens is 4. The number of hydrazone groups is 1. The monoisotopic (exact) mass is 425 g/mol. The van der Waals surface area contributed by atoms with Crippen LogP contribution in [0.25, 0.3) is 0 Å². The van der Waals surface area contributed by atoms with Gasteiger partial charge in [0.1, 0.15) is 12.4 Å². The summed E-state index contributed by atoms with van der Waals surface area (Å²) in [7, 11) is 0. The van der Waals surface area contributed by atoms with Gasteiger partial charge >= 0.3 is 5.92 Å². The van der Waals surface area contributed by atoms with Crippen molar-refractivity contribution in [2.75, 3.05) is 6.67 Å². The summed E-state index contributed by atoms with van der Waals surface area (Å²) >= 11 is 12.4. The third kappa shape index (κ3) is 4.26. The van der Waals surface area contributed by atoms with Crippen LogP contribution in [0.1, 0.15) is 18.3 Å². The van der Waals surface area contributed by atoms with Crippen molar-refractivity contribution < 1.29 is 8.78 Å². The largest absolute Gasteiger partial charge is 0.349 e. The zero-order valence-electron chi connectivity index (χ0n) is 14.7. The van der Waals surface area contributed by atoms with Gasteiger partial charge in [0.25, 0.3) is 0 Å². The summed E-state index contributed by atoms with van der Waals surface area (Å²) in [5.74, 6) is -4.23. The van der Waals surface area contributed by atoms with E-state index in [1.807, 2.05) is 0 Å². The number of H-pyrrole nitrogens is 1. The number of alkyl halides is 2. The van der Waals surface area contributed by atoms with E-state index in [1.165, 1.54) is 17.2 Å². The molecule has 0 aliphatic carbocycles. The van der Waals surface area contributed by atoms with Gasteiger partial charge in [0.15, 0.2) is 0 Å². The van der Waals surface area contributed by atoms with Crippen LogP contribution in [0, 0.1) is 0 Å². The molecule has 0 saturated carbocycles.